The molecule has 2 aromatic rings. The number of hydrogen-bond donors (Lipinski definition) is 2. The van der Waals surface area contributed by atoms with E-state index in [2.05, 4.69) is 19.2 Å². The zero-order valence-corrected chi connectivity index (χ0v) is 25.2. The molecule has 2 N–H and O–H groups in total. The Labute approximate surface area is 251 Å². The Balaban J connectivity index is 1.69. The molecular weight excluding hydrogens is 550 g/mol. The van der Waals surface area contributed by atoms with Gasteiger partial charge in [0, 0.05) is 52.5 Å². The molecule has 1 unspecified atom stereocenters. The molecule has 0 radical (unpaired) electrons. The fraction of sp³-hybridized carbons (Fsp3) is 0.515. The van der Waals surface area contributed by atoms with Crippen molar-refractivity contribution in [2.75, 3.05) is 13.1 Å². The largest absolute Gasteiger partial charge is 0.481 e. The van der Waals surface area contributed by atoms with E-state index in [4.69, 9.17) is 0 Å². The number of nitrogens with one attached hydrogen (secondary N) is 1. The minimum absolute atomic E-state index is 0.0923. The van der Waals surface area contributed by atoms with Crippen LogP contribution in [0.3, 0.4) is 0 Å². The second-order valence-corrected chi connectivity index (χ2v) is 11.5. The number of aliphatic carboxylic acids is 1. The predicted octanol–water partition coefficient (Wildman–Crippen LogP) is 5.18. The van der Waals surface area contributed by atoms with Crippen LogP contribution in [0.1, 0.15) is 126 Å². The van der Waals surface area contributed by atoms with Crippen LogP contribution in [0.4, 0.5) is 0 Å². The lowest BCUT2D eigenvalue weighted by Crippen LogP contribution is -2.54. The molecule has 0 spiro atoms. The van der Waals surface area contributed by atoms with Crippen molar-refractivity contribution >= 4 is 46.3 Å². The maximum absolute atomic E-state index is 13.9. The smallest absolute Gasteiger partial charge is 0.303 e. The average Bonchev–Trinajstić information content (AvgIpc) is 2.99. The molecule has 4 rings (SSSR count). The molecule has 2 heterocycles. The molecule has 0 fully saturated rings. The monoisotopic (exact) mass is 591 g/mol. The first-order valence-corrected chi connectivity index (χ1v) is 15.5. The first-order valence-electron chi connectivity index (χ1n) is 15.5. The highest BCUT2D eigenvalue weighted by molar-refractivity contribution is 6.33. The molecule has 2 atom stereocenters. The van der Waals surface area contributed by atoms with Crippen LogP contribution in [0.2, 0.25) is 0 Å². The van der Waals surface area contributed by atoms with Gasteiger partial charge in [0.05, 0.1) is 0 Å². The van der Waals surface area contributed by atoms with Crippen molar-refractivity contribution in [1.82, 2.24) is 15.1 Å². The number of rotatable bonds is 16. The van der Waals surface area contributed by atoms with Crippen molar-refractivity contribution < 1.29 is 33.9 Å². The van der Waals surface area contributed by atoms with E-state index < -0.39 is 48.0 Å². The van der Waals surface area contributed by atoms with E-state index in [1.807, 2.05) is 6.92 Å². The van der Waals surface area contributed by atoms with Gasteiger partial charge < -0.3 is 10.4 Å². The van der Waals surface area contributed by atoms with Crippen molar-refractivity contribution in [3.8, 4) is 0 Å². The summed E-state index contributed by atoms with van der Waals surface area (Å²) in [6.07, 6.45) is 6.74. The van der Waals surface area contributed by atoms with Crippen molar-refractivity contribution in [1.29, 1.82) is 0 Å². The number of hydrogen-bond acceptors (Lipinski definition) is 6. The summed E-state index contributed by atoms with van der Waals surface area (Å²) in [6, 6.07) is 4.61. The van der Waals surface area contributed by atoms with E-state index in [-0.39, 0.29) is 45.4 Å². The summed E-state index contributed by atoms with van der Waals surface area (Å²) < 4.78 is 0. The lowest BCUT2D eigenvalue weighted by atomic mass is 9.85. The minimum atomic E-state index is -1.33. The highest BCUT2D eigenvalue weighted by Crippen LogP contribution is 2.39. The molecule has 5 amide bonds. The number of carboxylic acids is 1. The Hall–Kier alpha value is -4.08. The van der Waals surface area contributed by atoms with Crippen molar-refractivity contribution in [3.05, 3.63) is 46.5 Å². The molecule has 0 aliphatic carbocycles. The molecule has 0 aromatic heterocycles. The number of carbonyl (C=O) groups is 6. The predicted molar refractivity (Wildman–Crippen MR) is 161 cm³/mol. The fourth-order valence-corrected chi connectivity index (χ4v) is 6.09. The Bertz CT molecular complexity index is 1380. The number of amides is 5. The topological polar surface area (TPSA) is 141 Å². The maximum Gasteiger partial charge on any atom is 0.303 e. The van der Waals surface area contributed by atoms with Crippen molar-refractivity contribution in [2.45, 2.75) is 91.0 Å². The third-order valence-electron chi connectivity index (χ3n) is 8.57. The van der Waals surface area contributed by atoms with E-state index in [0.29, 0.717) is 13.1 Å². The van der Waals surface area contributed by atoms with Gasteiger partial charge in [-0.05, 0) is 49.4 Å². The van der Waals surface area contributed by atoms with Gasteiger partial charge in [0.1, 0.15) is 6.04 Å². The van der Waals surface area contributed by atoms with Gasteiger partial charge in [0.15, 0.2) is 0 Å². The van der Waals surface area contributed by atoms with Gasteiger partial charge in [0.25, 0.3) is 23.6 Å². The van der Waals surface area contributed by atoms with Gasteiger partial charge in [-0.25, -0.2) is 0 Å². The third-order valence-corrected chi connectivity index (χ3v) is 8.57. The zero-order chi connectivity index (χ0) is 31.3. The number of unbranched alkanes of at least 4 members (excludes halogenated alkanes) is 4. The Morgan fingerprint density at radius 3 is 1.77 bits per heavy atom. The van der Waals surface area contributed by atoms with Crippen LogP contribution in [-0.2, 0) is 9.59 Å². The van der Waals surface area contributed by atoms with E-state index in [1.165, 1.54) is 29.2 Å². The second-order valence-electron chi connectivity index (χ2n) is 11.5. The minimum Gasteiger partial charge on any atom is -0.481 e. The number of carbonyl (C=O) groups excluding carboxylic acids is 5. The quantitative estimate of drug-likeness (QED) is 0.202. The summed E-state index contributed by atoms with van der Waals surface area (Å²) in [7, 11) is 0. The normalized spacial score (nSPS) is 15.7. The molecule has 0 bridgehead atoms. The standard InChI is InChI=1S/C33H41N3O7/c1-4-7-9-10-18-34-29(39)25(16-17-26(37)38)36-32(42)23-14-12-21-27-22(13-15-24(28(23)27)33(36)43)31(41)35(30(21)40)19-20(6-3)11-8-5-2/h12-15,20,25H,4-11,16-19H2,1-3H3,(H,34,39)(H,37,38)/t20?,25-/m1/s1. The SMILES string of the molecule is CCCCCCNC(=O)[C@@H](CCC(=O)O)N1C(=O)c2ccc3c4c(ccc(c24)C1=O)C(=O)N(CC(CC)CCCC)C3=O. The van der Waals surface area contributed by atoms with Crippen LogP contribution in [0.15, 0.2) is 24.3 Å². The molecule has 43 heavy (non-hydrogen) atoms. The third kappa shape index (κ3) is 6.33. The van der Waals surface area contributed by atoms with Gasteiger partial charge in [-0.2, -0.15) is 0 Å². The van der Waals surface area contributed by atoms with E-state index in [1.54, 1.807) is 0 Å². The van der Waals surface area contributed by atoms with Crippen LogP contribution >= 0.6 is 0 Å². The van der Waals surface area contributed by atoms with Gasteiger partial charge in [-0.1, -0.05) is 59.3 Å². The number of carboxylic acid groups (broad SMARTS) is 1. The maximum atomic E-state index is 13.9. The van der Waals surface area contributed by atoms with Crippen LogP contribution in [0, 0.1) is 5.92 Å². The second kappa shape index (κ2) is 13.9. The summed E-state index contributed by atoms with van der Waals surface area (Å²) in [5, 5.41) is 12.6. The lowest BCUT2D eigenvalue weighted by Gasteiger charge is -2.35. The molecule has 2 aliphatic heterocycles. The summed E-state index contributed by atoms with van der Waals surface area (Å²) in [5.74, 6) is -4.02. The molecule has 2 aromatic carbocycles. The van der Waals surface area contributed by atoms with Crippen molar-refractivity contribution in [2.24, 2.45) is 5.92 Å². The fourth-order valence-electron chi connectivity index (χ4n) is 6.09. The van der Waals surface area contributed by atoms with Gasteiger partial charge in [0.2, 0.25) is 5.91 Å². The molecular formula is C33H41N3O7. The number of imide groups is 2. The highest BCUT2D eigenvalue weighted by atomic mass is 16.4. The van der Waals surface area contributed by atoms with Gasteiger partial charge in [-0.15, -0.1) is 0 Å². The molecule has 0 saturated carbocycles. The Morgan fingerprint density at radius 2 is 1.28 bits per heavy atom. The molecule has 10 nitrogen and oxygen atoms in total. The molecule has 10 heteroatoms. The Kier molecular flexibility index (Phi) is 10.3. The highest BCUT2D eigenvalue weighted by Gasteiger charge is 2.43. The first kappa shape index (κ1) is 31.8. The Morgan fingerprint density at radius 1 is 0.744 bits per heavy atom. The summed E-state index contributed by atoms with van der Waals surface area (Å²) >= 11 is 0. The van der Waals surface area contributed by atoms with E-state index in [0.717, 1.165) is 56.3 Å². The summed E-state index contributed by atoms with van der Waals surface area (Å²) in [6.45, 7) is 6.84. The van der Waals surface area contributed by atoms with Gasteiger partial charge in [-0.3, -0.25) is 38.6 Å². The zero-order valence-electron chi connectivity index (χ0n) is 25.2. The lowest BCUT2D eigenvalue weighted by molar-refractivity contribution is -0.137. The van der Waals surface area contributed by atoms with Crippen LogP contribution in [0.25, 0.3) is 10.8 Å². The molecule has 2 aliphatic rings. The number of nitrogens with zero attached hydrogens (tertiary/aromatic N) is 2. The first-order chi connectivity index (χ1) is 20.7. The molecule has 230 valence electrons. The van der Waals surface area contributed by atoms with E-state index in [9.17, 15) is 33.9 Å². The average molecular weight is 592 g/mol. The van der Waals surface area contributed by atoms with Gasteiger partial charge >= 0.3 is 5.97 Å². The van der Waals surface area contributed by atoms with Crippen LogP contribution < -0.4 is 5.32 Å². The molecule has 0 saturated heterocycles. The van der Waals surface area contributed by atoms with Crippen LogP contribution in [-0.4, -0.2) is 69.5 Å². The van der Waals surface area contributed by atoms with Crippen molar-refractivity contribution in [3.63, 3.8) is 0 Å². The van der Waals surface area contributed by atoms with Crippen LogP contribution in [0.5, 0.6) is 0 Å². The summed E-state index contributed by atoms with van der Waals surface area (Å²) in [5.41, 5.74) is 0.688. The van der Waals surface area contributed by atoms with E-state index >= 15 is 0 Å². The number of benzene rings is 2. The summed E-state index contributed by atoms with van der Waals surface area (Å²) in [4.78, 5) is 81.7.